The van der Waals surface area contributed by atoms with Crippen LogP contribution in [0.5, 0.6) is 5.75 Å². The molecule has 0 bridgehead atoms. The standard InChI is InChI=1S/C19H16ClN3O2/c1-25-17-5-3-2-4-16(17)19(24)23-15-10-11-18(21-12-15)22-14-8-6-13(20)7-9-14/h2-12H,1H3,(H,21,22)(H,23,24). The van der Waals surface area contributed by atoms with Gasteiger partial charge in [-0.1, -0.05) is 23.7 Å². The van der Waals surface area contributed by atoms with E-state index in [0.717, 1.165) is 5.69 Å². The first kappa shape index (κ1) is 16.8. The van der Waals surface area contributed by atoms with Crippen molar-refractivity contribution in [1.29, 1.82) is 0 Å². The first-order chi connectivity index (χ1) is 12.2. The molecule has 2 N–H and O–H groups in total. The van der Waals surface area contributed by atoms with Gasteiger partial charge in [-0.2, -0.15) is 0 Å². The van der Waals surface area contributed by atoms with Crippen molar-refractivity contribution in [3.63, 3.8) is 0 Å². The third-order valence-electron chi connectivity index (χ3n) is 3.49. The number of pyridine rings is 1. The summed E-state index contributed by atoms with van der Waals surface area (Å²) in [5, 5.41) is 6.64. The fourth-order valence-electron chi connectivity index (χ4n) is 2.25. The van der Waals surface area contributed by atoms with E-state index < -0.39 is 0 Å². The Morgan fingerprint density at radius 2 is 1.72 bits per heavy atom. The fourth-order valence-corrected chi connectivity index (χ4v) is 2.38. The summed E-state index contributed by atoms with van der Waals surface area (Å²) in [4.78, 5) is 16.7. The van der Waals surface area contributed by atoms with Gasteiger partial charge in [0.05, 0.1) is 24.6 Å². The molecule has 1 amide bonds. The number of hydrogen-bond acceptors (Lipinski definition) is 4. The van der Waals surface area contributed by atoms with E-state index in [1.807, 2.05) is 18.2 Å². The van der Waals surface area contributed by atoms with Crippen molar-refractivity contribution in [2.24, 2.45) is 0 Å². The van der Waals surface area contributed by atoms with E-state index in [1.54, 1.807) is 48.7 Å². The number of para-hydroxylation sites is 1. The first-order valence-electron chi connectivity index (χ1n) is 7.59. The molecule has 0 saturated heterocycles. The largest absolute Gasteiger partial charge is 0.496 e. The SMILES string of the molecule is COc1ccccc1C(=O)Nc1ccc(Nc2ccc(Cl)cc2)nc1. The van der Waals surface area contributed by atoms with Crippen LogP contribution in [0, 0.1) is 0 Å². The number of carbonyl (C=O) groups is 1. The van der Waals surface area contributed by atoms with Gasteiger partial charge in [-0.15, -0.1) is 0 Å². The number of anilines is 3. The molecule has 1 heterocycles. The summed E-state index contributed by atoms with van der Waals surface area (Å²) in [6.07, 6.45) is 1.59. The van der Waals surface area contributed by atoms with Crippen LogP contribution in [-0.2, 0) is 0 Å². The van der Waals surface area contributed by atoms with Gasteiger partial charge in [0.1, 0.15) is 11.6 Å². The molecule has 0 aliphatic carbocycles. The Morgan fingerprint density at radius 1 is 1.00 bits per heavy atom. The molecule has 0 spiro atoms. The van der Waals surface area contributed by atoms with Crippen molar-refractivity contribution < 1.29 is 9.53 Å². The van der Waals surface area contributed by atoms with Gasteiger partial charge in [-0.3, -0.25) is 4.79 Å². The van der Waals surface area contributed by atoms with Crippen LogP contribution in [-0.4, -0.2) is 18.0 Å². The number of nitrogens with zero attached hydrogens (tertiary/aromatic N) is 1. The molecule has 126 valence electrons. The van der Waals surface area contributed by atoms with Gasteiger partial charge in [0, 0.05) is 10.7 Å². The molecule has 0 unspecified atom stereocenters. The van der Waals surface area contributed by atoms with E-state index in [-0.39, 0.29) is 5.91 Å². The maximum atomic E-state index is 12.4. The summed E-state index contributed by atoms with van der Waals surface area (Å²) >= 11 is 5.86. The molecule has 3 rings (SSSR count). The van der Waals surface area contributed by atoms with E-state index in [4.69, 9.17) is 16.3 Å². The van der Waals surface area contributed by atoms with E-state index >= 15 is 0 Å². The number of carbonyl (C=O) groups excluding carboxylic acids is 1. The van der Waals surface area contributed by atoms with Crippen LogP contribution < -0.4 is 15.4 Å². The maximum absolute atomic E-state index is 12.4. The lowest BCUT2D eigenvalue weighted by Crippen LogP contribution is -2.13. The maximum Gasteiger partial charge on any atom is 0.259 e. The minimum Gasteiger partial charge on any atom is -0.496 e. The number of aromatic nitrogens is 1. The molecule has 25 heavy (non-hydrogen) atoms. The Bertz CT molecular complexity index is 865. The topological polar surface area (TPSA) is 63.2 Å². The predicted molar refractivity (Wildman–Crippen MR) is 99.9 cm³/mol. The normalized spacial score (nSPS) is 10.2. The molecule has 2 aromatic carbocycles. The zero-order valence-corrected chi connectivity index (χ0v) is 14.2. The second-order valence-electron chi connectivity index (χ2n) is 5.22. The van der Waals surface area contributed by atoms with Crippen molar-refractivity contribution in [1.82, 2.24) is 4.98 Å². The average molecular weight is 354 g/mol. The third-order valence-corrected chi connectivity index (χ3v) is 3.74. The summed E-state index contributed by atoms with van der Waals surface area (Å²) < 4.78 is 5.20. The Hall–Kier alpha value is -3.05. The van der Waals surface area contributed by atoms with Crippen LogP contribution in [0.15, 0.2) is 66.9 Å². The van der Waals surface area contributed by atoms with E-state index in [1.165, 1.54) is 7.11 Å². The van der Waals surface area contributed by atoms with Crippen LogP contribution in [0.4, 0.5) is 17.2 Å². The minimum atomic E-state index is -0.252. The van der Waals surface area contributed by atoms with Crippen LogP contribution in [0.25, 0.3) is 0 Å². The van der Waals surface area contributed by atoms with Crippen LogP contribution in [0.1, 0.15) is 10.4 Å². The number of nitrogens with one attached hydrogen (secondary N) is 2. The Labute approximate surface area is 150 Å². The molecule has 6 heteroatoms. The molecule has 0 radical (unpaired) electrons. The molecule has 0 saturated carbocycles. The van der Waals surface area contributed by atoms with Crippen molar-refractivity contribution in [2.75, 3.05) is 17.7 Å². The lowest BCUT2D eigenvalue weighted by molar-refractivity contribution is 0.102. The second-order valence-corrected chi connectivity index (χ2v) is 5.65. The number of benzene rings is 2. The van der Waals surface area contributed by atoms with Gasteiger partial charge >= 0.3 is 0 Å². The number of rotatable bonds is 5. The van der Waals surface area contributed by atoms with Gasteiger partial charge in [0.15, 0.2) is 0 Å². The number of methoxy groups -OCH3 is 1. The van der Waals surface area contributed by atoms with Crippen molar-refractivity contribution in [3.05, 3.63) is 77.4 Å². The average Bonchev–Trinajstić information content (AvgIpc) is 2.65. The summed E-state index contributed by atoms with van der Waals surface area (Å²) in [6.45, 7) is 0. The molecule has 0 fully saturated rings. The van der Waals surface area contributed by atoms with Crippen LogP contribution in [0.2, 0.25) is 5.02 Å². The second kappa shape index (κ2) is 7.68. The molecule has 0 aliphatic heterocycles. The third kappa shape index (κ3) is 4.28. The van der Waals surface area contributed by atoms with Crippen LogP contribution in [0.3, 0.4) is 0 Å². The van der Waals surface area contributed by atoms with Crippen molar-refractivity contribution in [2.45, 2.75) is 0 Å². The molecule has 0 aliphatic rings. The first-order valence-corrected chi connectivity index (χ1v) is 7.96. The zero-order valence-electron chi connectivity index (χ0n) is 13.5. The quantitative estimate of drug-likeness (QED) is 0.695. The summed E-state index contributed by atoms with van der Waals surface area (Å²) in [5.74, 6) is 0.934. The van der Waals surface area contributed by atoms with Crippen molar-refractivity contribution >= 4 is 34.7 Å². The van der Waals surface area contributed by atoms with Gasteiger partial charge in [0.25, 0.3) is 5.91 Å². The van der Waals surface area contributed by atoms with E-state index in [0.29, 0.717) is 27.8 Å². The fraction of sp³-hybridized carbons (Fsp3) is 0.0526. The van der Waals surface area contributed by atoms with E-state index in [2.05, 4.69) is 15.6 Å². The Kier molecular flexibility index (Phi) is 5.16. The zero-order chi connectivity index (χ0) is 17.6. The lowest BCUT2D eigenvalue weighted by atomic mass is 10.2. The number of amides is 1. The summed E-state index contributed by atoms with van der Waals surface area (Å²) in [5.41, 5.74) is 1.94. The molecule has 1 aromatic heterocycles. The number of ether oxygens (including phenoxy) is 1. The highest BCUT2D eigenvalue weighted by Crippen LogP contribution is 2.21. The molecule has 3 aromatic rings. The predicted octanol–water partition coefficient (Wildman–Crippen LogP) is 4.74. The Balaban J connectivity index is 1.68. The lowest BCUT2D eigenvalue weighted by Gasteiger charge is -2.10. The monoisotopic (exact) mass is 353 g/mol. The number of hydrogen-bond donors (Lipinski definition) is 2. The van der Waals surface area contributed by atoms with Gasteiger partial charge in [0.2, 0.25) is 0 Å². The van der Waals surface area contributed by atoms with E-state index in [9.17, 15) is 4.79 Å². The molecular weight excluding hydrogens is 338 g/mol. The molecule has 5 nitrogen and oxygen atoms in total. The summed E-state index contributed by atoms with van der Waals surface area (Å²) in [6, 6.07) is 17.9. The van der Waals surface area contributed by atoms with Gasteiger partial charge in [-0.25, -0.2) is 4.98 Å². The van der Waals surface area contributed by atoms with Crippen LogP contribution >= 0.6 is 11.6 Å². The Morgan fingerprint density at radius 3 is 2.40 bits per heavy atom. The highest BCUT2D eigenvalue weighted by molar-refractivity contribution is 6.30. The summed E-state index contributed by atoms with van der Waals surface area (Å²) in [7, 11) is 1.53. The minimum absolute atomic E-state index is 0.252. The highest BCUT2D eigenvalue weighted by atomic mass is 35.5. The molecular formula is C19H16ClN3O2. The van der Waals surface area contributed by atoms with Gasteiger partial charge in [-0.05, 0) is 48.5 Å². The number of halogens is 1. The molecule has 0 atom stereocenters. The van der Waals surface area contributed by atoms with Gasteiger partial charge < -0.3 is 15.4 Å². The van der Waals surface area contributed by atoms with Crippen molar-refractivity contribution in [3.8, 4) is 5.75 Å². The smallest absolute Gasteiger partial charge is 0.259 e. The highest BCUT2D eigenvalue weighted by Gasteiger charge is 2.11.